The van der Waals surface area contributed by atoms with Gasteiger partial charge in [-0.15, -0.1) is 0 Å². The van der Waals surface area contributed by atoms with Gasteiger partial charge in [0, 0.05) is 24.5 Å². The second-order valence-electron chi connectivity index (χ2n) is 3.44. The second-order valence-corrected chi connectivity index (χ2v) is 4.84. The van der Waals surface area contributed by atoms with Crippen LogP contribution >= 0.6 is 34.2 Å². The molecule has 1 unspecified atom stereocenters. The summed E-state index contributed by atoms with van der Waals surface area (Å²) in [5, 5.41) is 0.856. The van der Waals surface area contributed by atoms with E-state index in [-0.39, 0.29) is 0 Å². The van der Waals surface area contributed by atoms with Gasteiger partial charge in [-0.2, -0.15) is 0 Å². The predicted molar refractivity (Wildman–Crippen MR) is 68.4 cm³/mol. The zero-order valence-corrected chi connectivity index (χ0v) is 11.1. The summed E-state index contributed by atoms with van der Waals surface area (Å²) < 4.78 is 1.13. The van der Waals surface area contributed by atoms with Crippen molar-refractivity contribution in [2.75, 3.05) is 7.05 Å². The summed E-state index contributed by atoms with van der Waals surface area (Å²) in [4.78, 5) is 5.50. The Bertz CT molecular complexity index is 383. The Balaban J connectivity index is 2.57. The Morgan fingerprint density at radius 1 is 1.64 bits per heavy atom. The van der Waals surface area contributed by atoms with Crippen molar-refractivity contribution in [3.8, 4) is 0 Å². The highest BCUT2D eigenvalue weighted by atomic mass is 127. The average molecular weight is 323 g/mol. The lowest BCUT2D eigenvalue weighted by molar-refractivity contribution is 0.315. The molecule has 1 aromatic rings. The number of aromatic nitrogens is 1. The van der Waals surface area contributed by atoms with Crippen molar-refractivity contribution in [1.29, 1.82) is 0 Å². The van der Waals surface area contributed by atoms with Gasteiger partial charge in [-0.25, -0.2) is 0 Å². The van der Waals surface area contributed by atoms with Gasteiger partial charge in [-0.05, 0) is 35.1 Å². The molecule has 14 heavy (non-hydrogen) atoms. The molecule has 1 atom stereocenters. The van der Waals surface area contributed by atoms with Gasteiger partial charge in [0.2, 0.25) is 0 Å². The summed E-state index contributed by atoms with van der Waals surface area (Å²) in [6.45, 7) is 2.19. The molecule has 2 nitrogen and oxygen atoms in total. The standard InChI is InChI=1S/C10H12ClIN2/c1-3-7-9-6(4-5-13-9)8(11)10(12)14(7)2/h4-5,7,13H,3H2,1-2H3. The quantitative estimate of drug-likeness (QED) is 0.617. The van der Waals surface area contributed by atoms with E-state index in [0.717, 1.165) is 20.7 Å². The van der Waals surface area contributed by atoms with Crippen molar-refractivity contribution in [2.24, 2.45) is 0 Å². The molecule has 1 aromatic heterocycles. The summed E-state index contributed by atoms with van der Waals surface area (Å²) in [5.74, 6) is 0. The van der Waals surface area contributed by atoms with Crippen LogP contribution in [0.5, 0.6) is 0 Å². The molecule has 0 radical (unpaired) electrons. The number of H-pyrrole nitrogens is 1. The van der Waals surface area contributed by atoms with Crippen LogP contribution in [0.3, 0.4) is 0 Å². The molecule has 1 N–H and O–H groups in total. The molecular weight excluding hydrogens is 310 g/mol. The van der Waals surface area contributed by atoms with Gasteiger partial charge < -0.3 is 9.88 Å². The molecule has 2 rings (SSSR count). The molecule has 0 aliphatic carbocycles. The molecule has 1 aliphatic heterocycles. The van der Waals surface area contributed by atoms with Crippen LogP contribution in [0.2, 0.25) is 0 Å². The van der Waals surface area contributed by atoms with Crippen molar-refractivity contribution >= 4 is 39.2 Å². The van der Waals surface area contributed by atoms with Crippen molar-refractivity contribution in [2.45, 2.75) is 19.4 Å². The average Bonchev–Trinajstić information content (AvgIpc) is 2.64. The molecule has 0 aromatic carbocycles. The lowest BCUT2D eigenvalue weighted by Gasteiger charge is -2.33. The minimum atomic E-state index is 0.425. The Hall–Kier alpha value is -0.160. The summed E-state index contributed by atoms with van der Waals surface area (Å²) in [5.41, 5.74) is 2.39. The number of nitrogens with one attached hydrogen (secondary N) is 1. The number of hydrogen-bond acceptors (Lipinski definition) is 1. The maximum absolute atomic E-state index is 6.27. The number of halogens is 2. The van der Waals surface area contributed by atoms with Gasteiger partial charge in [0.15, 0.2) is 0 Å². The van der Waals surface area contributed by atoms with E-state index in [1.807, 2.05) is 12.3 Å². The van der Waals surface area contributed by atoms with Crippen molar-refractivity contribution < 1.29 is 0 Å². The number of nitrogens with zero attached hydrogens (tertiary/aromatic N) is 1. The van der Waals surface area contributed by atoms with E-state index in [1.165, 1.54) is 5.69 Å². The van der Waals surface area contributed by atoms with Gasteiger partial charge in [-0.3, -0.25) is 0 Å². The Labute approximate surface area is 102 Å². The number of hydrogen-bond donors (Lipinski definition) is 1. The van der Waals surface area contributed by atoms with Crippen molar-refractivity contribution in [3.63, 3.8) is 0 Å². The molecule has 2 heterocycles. The fourth-order valence-corrected chi connectivity index (χ4v) is 2.85. The molecule has 76 valence electrons. The number of aromatic amines is 1. The largest absolute Gasteiger partial charge is 0.363 e. The van der Waals surface area contributed by atoms with E-state index in [1.54, 1.807) is 0 Å². The third kappa shape index (κ3) is 1.37. The van der Waals surface area contributed by atoms with Gasteiger partial charge in [-0.1, -0.05) is 18.5 Å². The first-order valence-corrected chi connectivity index (χ1v) is 6.08. The van der Waals surface area contributed by atoms with Crippen LogP contribution in [0, 0.1) is 0 Å². The first-order valence-electron chi connectivity index (χ1n) is 4.62. The first kappa shape index (κ1) is 10.4. The minimum Gasteiger partial charge on any atom is -0.363 e. The highest BCUT2D eigenvalue weighted by Crippen LogP contribution is 2.42. The van der Waals surface area contributed by atoms with E-state index >= 15 is 0 Å². The fraction of sp³-hybridized carbons (Fsp3) is 0.400. The summed E-state index contributed by atoms with van der Waals surface area (Å²) >= 11 is 8.57. The lowest BCUT2D eigenvalue weighted by Crippen LogP contribution is -2.25. The van der Waals surface area contributed by atoms with Crippen LogP contribution in [0.1, 0.15) is 30.6 Å². The van der Waals surface area contributed by atoms with Gasteiger partial charge >= 0.3 is 0 Å². The highest BCUT2D eigenvalue weighted by Gasteiger charge is 2.28. The Morgan fingerprint density at radius 3 is 3.00 bits per heavy atom. The highest BCUT2D eigenvalue weighted by molar-refractivity contribution is 14.1. The molecule has 0 saturated carbocycles. The van der Waals surface area contributed by atoms with E-state index in [9.17, 15) is 0 Å². The molecule has 0 fully saturated rings. The van der Waals surface area contributed by atoms with Gasteiger partial charge in [0.05, 0.1) is 14.8 Å². The van der Waals surface area contributed by atoms with Gasteiger partial charge in [0.25, 0.3) is 0 Å². The van der Waals surface area contributed by atoms with E-state index in [0.29, 0.717) is 6.04 Å². The topological polar surface area (TPSA) is 19.0 Å². The van der Waals surface area contributed by atoms with Crippen LogP contribution in [0.4, 0.5) is 0 Å². The van der Waals surface area contributed by atoms with E-state index in [4.69, 9.17) is 11.6 Å². The van der Waals surface area contributed by atoms with Crippen LogP contribution in [-0.2, 0) is 0 Å². The molecule has 0 amide bonds. The van der Waals surface area contributed by atoms with Crippen LogP contribution in [-0.4, -0.2) is 16.9 Å². The molecule has 0 spiro atoms. The first-order chi connectivity index (χ1) is 6.66. The molecular formula is C10H12ClIN2. The third-order valence-electron chi connectivity index (χ3n) is 2.69. The molecule has 0 saturated heterocycles. The summed E-state index contributed by atoms with van der Waals surface area (Å²) in [6, 6.07) is 2.47. The fourth-order valence-electron chi connectivity index (χ4n) is 1.92. The number of rotatable bonds is 1. The molecule has 4 heteroatoms. The zero-order chi connectivity index (χ0) is 10.3. The Kier molecular flexibility index (Phi) is 2.79. The smallest absolute Gasteiger partial charge is 0.0956 e. The summed E-state index contributed by atoms with van der Waals surface area (Å²) in [7, 11) is 2.09. The SMILES string of the molecule is CCC1c2[nH]ccc2C(Cl)=C(I)N1C. The zero-order valence-electron chi connectivity index (χ0n) is 8.14. The molecule has 1 aliphatic rings. The number of fused-ring (bicyclic) bond motifs is 1. The Morgan fingerprint density at radius 2 is 2.36 bits per heavy atom. The monoisotopic (exact) mass is 322 g/mol. The van der Waals surface area contributed by atoms with E-state index in [2.05, 4.69) is 46.4 Å². The van der Waals surface area contributed by atoms with Crippen molar-refractivity contribution in [3.05, 3.63) is 27.2 Å². The summed E-state index contributed by atoms with van der Waals surface area (Å²) in [6.07, 6.45) is 3.04. The van der Waals surface area contributed by atoms with Crippen LogP contribution < -0.4 is 0 Å². The van der Waals surface area contributed by atoms with E-state index < -0.39 is 0 Å². The second kappa shape index (κ2) is 3.77. The molecule has 0 bridgehead atoms. The third-order valence-corrected chi connectivity index (χ3v) is 4.70. The van der Waals surface area contributed by atoms with Crippen molar-refractivity contribution in [1.82, 2.24) is 9.88 Å². The lowest BCUT2D eigenvalue weighted by atomic mass is 10.0. The minimum absolute atomic E-state index is 0.425. The predicted octanol–water partition coefficient (Wildman–Crippen LogP) is 3.71. The normalized spacial score (nSPS) is 21.4. The van der Waals surface area contributed by atoms with Crippen LogP contribution in [0.25, 0.3) is 5.03 Å². The maximum Gasteiger partial charge on any atom is 0.0956 e. The van der Waals surface area contributed by atoms with Crippen LogP contribution in [0.15, 0.2) is 16.0 Å². The van der Waals surface area contributed by atoms with Gasteiger partial charge in [0.1, 0.15) is 0 Å². The maximum atomic E-state index is 6.27.